The van der Waals surface area contributed by atoms with Crippen LogP contribution in [-0.4, -0.2) is 15.2 Å². The maximum Gasteiger partial charge on any atom is 0.110 e. The topological polar surface area (TPSA) is 38.0 Å². The van der Waals surface area contributed by atoms with Crippen molar-refractivity contribution in [2.24, 2.45) is 0 Å². The summed E-state index contributed by atoms with van der Waals surface area (Å²) < 4.78 is 0. The Kier molecular flexibility index (Phi) is 2.46. The lowest BCUT2D eigenvalue weighted by atomic mass is 9.86. The van der Waals surface area contributed by atoms with Crippen LogP contribution in [0.3, 0.4) is 0 Å². The monoisotopic (exact) mass is 216 g/mol. The molecule has 0 aliphatic carbocycles. The quantitative estimate of drug-likeness (QED) is 0.744. The minimum atomic E-state index is 0.151. The zero-order valence-corrected chi connectivity index (χ0v) is 9.81. The summed E-state index contributed by atoms with van der Waals surface area (Å²) in [6, 6.07) is 9.96. The summed E-state index contributed by atoms with van der Waals surface area (Å²) >= 11 is 0. The molecule has 0 atom stereocenters. The lowest BCUT2D eigenvalue weighted by molar-refractivity contribution is 0.153. The van der Waals surface area contributed by atoms with Crippen LogP contribution in [0, 0.1) is 0 Å². The van der Waals surface area contributed by atoms with Crippen LogP contribution in [0.5, 0.6) is 0 Å². The van der Waals surface area contributed by atoms with Crippen LogP contribution < -0.4 is 0 Å². The molecule has 0 fully saturated rings. The summed E-state index contributed by atoms with van der Waals surface area (Å²) in [6.07, 6.45) is 1.58. The van der Waals surface area contributed by atoms with Gasteiger partial charge in [-0.15, -0.1) is 9.94 Å². The van der Waals surface area contributed by atoms with Gasteiger partial charge >= 0.3 is 0 Å². The van der Waals surface area contributed by atoms with Gasteiger partial charge in [0.2, 0.25) is 0 Å². The van der Waals surface area contributed by atoms with Gasteiger partial charge in [0, 0.05) is 5.56 Å². The second kappa shape index (κ2) is 3.67. The Bertz CT molecular complexity index is 477. The smallest absolute Gasteiger partial charge is 0.110 e. The standard InChI is InChI=1S/C13H16N2O/c1-13(2,3)11-6-4-10(5-7-11)12-8-9-14-15(12)16/h4-9,16H,1-3H3. The van der Waals surface area contributed by atoms with E-state index in [1.54, 1.807) is 12.3 Å². The third kappa shape index (κ3) is 1.94. The largest absolute Gasteiger partial charge is 0.411 e. The minimum Gasteiger partial charge on any atom is -0.411 e. The molecule has 0 radical (unpaired) electrons. The van der Waals surface area contributed by atoms with Crippen LogP contribution in [0.15, 0.2) is 36.5 Å². The first-order valence-electron chi connectivity index (χ1n) is 5.33. The third-order valence-corrected chi connectivity index (χ3v) is 2.67. The van der Waals surface area contributed by atoms with E-state index < -0.39 is 0 Å². The highest BCUT2D eigenvalue weighted by atomic mass is 16.5. The van der Waals surface area contributed by atoms with E-state index in [0.29, 0.717) is 5.69 Å². The number of aromatic nitrogens is 2. The molecule has 2 rings (SSSR count). The molecule has 1 aromatic heterocycles. The zero-order valence-electron chi connectivity index (χ0n) is 9.81. The van der Waals surface area contributed by atoms with Crippen LogP contribution in [0.25, 0.3) is 11.3 Å². The van der Waals surface area contributed by atoms with Crippen molar-refractivity contribution in [3.05, 3.63) is 42.1 Å². The Morgan fingerprint density at radius 3 is 2.12 bits per heavy atom. The molecule has 2 aromatic rings. The first-order valence-corrected chi connectivity index (χ1v) is 5.33. The van der Waals surface area contributed by atoms with Crippen molar-refractivity contribution in [2.75, 3.05) is 0 Å². The minimum absolute atomic E-state index is 0.151. The number of hydrogen-bond acceptors (Lipinski definition) is 2. The first kappa shape index (κ1) is 10.7. The van der Waals surface area contributed by atoms with Crippen LogP contribution in [0.2, 0.25) is 0 Å². The molecular formula is C13H16N2O. The Morgan fingerprint density at radius 2 is 1.69 bits per heavy atom. The average molecular weight is 216 g/mol. The van der Waals surface area contributed by atoms with Crippen molar-refractivity contribution in [3.63, 3.8) is 0 Å². The number of hydrogen-bond donors (Lipinski definition) is 1. The molecule has 0 unspecified atom stereocenters. The Hall–Kier alpha value is -1.77. The molecule has 0 aliphatic rings. The molecule has 0 spiro atoms. The van der Waals surface area contributed by atoms with E-state index in [2.05, 4.69) is 38.0 Å². The molecular weight excluding hydrogens is 200 g/mol. The van der Waals surface area contributed by atoms with E-state index in [-0.39, 0.29) is 5.41 Å². The molecule has 3 heteroatoms. The van der Waals surface area contributed by atoms with Gasteiger partial charge in [-0.3, -0.25) is 0 Å². The molecule has 1 aromatic carbocycles. The van der Waals surface area contributed by atoms with Gasteiger partial charge in [0.15, 0.2) is 0 Å². The van der Waals surface area contributed by atoms with E-state index in [4.69, 9.17) is 0 Å². The SMILES string of the molecule is CC(C)(C)c1ccc(-c2ccnn2O)cc1. The van der Waals surface area contributed by atoms with Gasteiger partial charge in [-0.2, -0.15) is 0 Å². The number of nitrogens with zero attached hydrogens (tertiary/aromatic N) is 2. The zero-order chi connectivity index (χ0) is 11.8. The molecule has 0 saturated heterocycles. The summed E-state index contributed by atoms with van der Waals surface area (Å²) in [4.78, 5) is 0.895. The second-order valence-electron chi connectivity index (χ2n) is 4.93. The fourth-order valence-electron chi connectivity index (χ4n) is 1.65. The highest BCUT2D eigenvalue weighted by Gasteiger charge is 2.13. The summed E-state index contributed by atoms with van der Waals surface area (Å²) in [5.41, 5.74) is 3.10. The van der Waals surface area contributed by atoms with E-state index in [1.165, 1.54) is 5.56 Å². The predicted molar refractivity (Wildman–Crippen MR) is 63.5 cm³/mol. The summed E-state index contributed by atoms with van der Waals surface area (Å²) in [5, 5.41) is 13.2. The predicted octanol–water partition coefficient (Wildman–Crippen LogP) is 3.08. The van der Waals surface area contributed by atoms with Gasteiger partial charge in [-0.25, -0.2) is 0 Å². The maximum atomic E-state index is 9.44. The van der Waals surface area contributed by atoms with E-state index in [1.807, 2.05) is 12.1 Å². The molecule has 1 N–H and O–H groups in total. The van der Waals surface area contributed by atoms with Crippen molar-refractivity contribution in [1.29, 1.82) is 0 Å². The van der Waals surface area contributed by atoms with E-state index >= 15 is 0 Å². The molecule has 0 saturated carbocycles. The normalized spacial score (nSPS) is 11.7. The highest BCUT2D eigenvalue weighted by molar-refractivity contribution is 5.59. The van der Waals surface area contributed by atoms with E-state index in [0.717, 1.165) is 10.4 Å². The highest BCUT2D eigenvalue weighted by Crippen LogP contribution is 2.25. The van der Waals surface area contributed by atoms with Crippen molar-refractivity contribution < 1.29 is 5.21 Å². The van der Waals surface area contributed by atoms with Crippen molar-refractivity contribution >= 4 is 0 Å². The average Bonchev–Trinajstić information content (AvgIpc) is 2.63. The van der Waals surface area contributed by atoms with Crippen LogP contribution in [0.4, 0.5) is 0 Å². The summed E-state index contributed by atoms with van der Waals surface area (Å²) in [6.45, 7) is 6.54. The Morgan fingerprint density at radius 1 is 1.06 bits per heavy atom. The Labute approximate surface area is 95.3 Å². The van der Waals surface area contributed by atoms with Gasteiger partial charge in [-0.05, 0) is 17.0 Å². The number of benzene rings is 1. The van der Waals surface area contributed by atoms with Gasteiger partial charge in [0.1, 0.15) is 5.69 Å². The van der Waals surface area contributed by atoms with Gasteiger partial charge in [-0.1, -0.05) is 45.0 Å². The first-order chi connectivity index (χ1) is 7.48. The fraction of sp³-hybridized carbons (Fsp3) is 0.308. The van der Waals surface area contributed by atoms with Gasteiger partial charge in [0.25, 0.3) is 0 Å². The summed E-state index contributed by atoms with van der Waals surface area (Å²) in [5.74, 6) is 0. The Balaban J connectivity index is 2.37. The molecule has 84 valence electrons. The maximum absolute atomic E-state index is 9.44. The van der Waals surface area contributed by atoms with Crippen molar-refractivity contribution in [1.82, 2.24) is 9.94 Å². The molecule has 0 bridgehead atoms. The molecule has 16 heavy (non-hydrogen) atoms. The van der Waals surface area contributed by atoms with Gasteiger partial charge < -0.3 is 5.21 Å². The van der Waals surface area contributed by atoms with Crippen LogP contribution in [-0.2, 0) is 5.41 Å². The van der Waals surface area contributed by atoms with Crippen LogP contribution in [0.1, 0.15) is 26.3 Å². The lowest BCUT2D eigenvalue weighted by Gasteiger charge is -2.19. The summed E-state index contributed by atoms with van der Waals surface area (Å²) in [7, 11) is 0. The van der Waals surface area contributed by atoms with Crippen LogP contribution >= 0.6 is 0 Å². The molecule has 0 amide bonds. The van der Waals surface area contributed by atoms with Crippen molar-refractivity contribution in [2.45, 2.75) is 26.2 Å². The van der Waals surface area contributed by atoms with Gasteiger partial charge in [0.05, 0.1) is 6.20 Å². The molecule has 0 aliphatic heterocycles. The third-order valence-electron chi connectivity index (χ3n) is 2.67. The number of rotatable bonds is 1. The van der Waals surface area contributed by atoms with Crippen molar-refractivity contribution in [3.8, 4) is 11.3 Å². The molecule has 1 heterocycles. The fourth-order valence-corrected chi connectivity index (χ4v) is 1.65. The van der Waals surface area contributed by atoms with E-state index in [9.17, 15) is 5.21 Å². The lowest BCUT2D eigenvalue weighted by Crippen LogP contribution is -2.10. The molecule has 3 nitrogen and oxygen atoms in total. The second-order valence-corrected chi connectivity index (χ2v) is 4.93.